The maximum absolute atomic E-state index is 11.9. The van der Waals surface area contributed by atoms with Gasteiger partial charge in [0.1, 0.15) is 0 Å². The lowest BCUT2D eigenvalue weighted by Gasteiger charge is -2.19. The van der Waals surface area contributed by atoms with Crippen molar-refractivity contribution >= 4 is 34.7 Å². The Morgan fingerprint density at radius 1 is 1.16 bits per heavy atom. The smallest absolute Gasteiger partial charge is 0.336 e. The maximum atomic E-state index is 11.9. The molecule has 1 aromatic heterocycles. The Morgan fingerprint density at radius 2 is 1.84 bits per heavy atom. The number of aliphatic carboxylic acids is 2. The molecule has 2 rings (SSSR count). The van der Waals surface area contributed by atoms with Crippen LogP contribution in [0.15, 0.2) is 24.4 Å². The Hall–Kier alpha value is -3.40. The van der Waals surface area contributed by atoms with E-state index >= 15 is 0 Å². The molecule has 1 atom stereocenters. The highest BCUT2D eigenvalue weighted by molar-refractivity contribution is 5.99. The number of amides is 1. The van der Waals surface area contributed by atoms with Crippen LogP contribution < -0.4 is 10.5 Å². The number of carboxylic acids is 2. The van der Waals surface area contributed by atoms with E-state index in [4.69, 9.17) is 20.7 Å². The fraction of sp³-hybridized carbons (Fsp3) is 0.200. The van der Waals surface area contributed by atoms with Crippen molar-refractivity contribution in [1.29, 1.82) is 0 Å². The molecule has 10 heteroatoms. The second-order valence-corrected chi connectivity index (χ2v) is 5.34. The van der Waals surface area contributed by atoms with Gasteiger partial charge in [-0.3, -0.25) is 14.4 Å². The summed E-state index contributed by atoms with van der Waals surface area (Å²) in [4.78, 5) is 47.5. The van der Waals surface area contributed by atoms with Gasteiger partial charge in [-0.25, -0.2) is 4.79 Å². The quantitative estimate of drug-likeness (QED) is 0.427. The van der Waals surface area contributed by atoms with Gasteiger partial charge < -0.3 is 30.8 Å². The van der Waals surface area contributed by atoms with Gasteiger partial charge in [-0.15, -0.1) is 0 Å². The van der Waals surface area contributed by atoms with Crippen molar-refractivity contribution < 1.29 is 39.2 Å². The lowest BCUT2D eigenvalue weighted by atomic mass is 9.96. The van der Waals surface area contributed by atoms with Gasteiger partial charge in [0.15, 0.2) is 11.4 Å². The number of H-pyrrole nitrogens is 1. The highest BCUT2D eigenvalue weighted by Gasteiger charge is 2.41. The zero-order valence-electron chi connectivity index (χ0n) is 12.7. The number of carboxylic acid groups (broad SMARTS) is 2. The Bertz CT molecular complexity index is 872. The molecule has 0 fully saturated rings. The highest BCUT2D eigenvalue weighted by atomic mass is 16.5. The van der Waals surface area contributed by atoms with Crippen LogP contribution in [0.5, 0.6) is 5.75 Å². The molecule has 0 spiro atoms. The summed E-state index contributed by atoms with van der Waals surface area (Å²) in [6.07, 6.45) is -0.918. The number of benzene rings is 1. The molecule has 2 aromatic rings. The van der Waals surface area contributed by atoms with Crippen LogP contribution in [0.2, 0.25) is 0 Å². The molecule has 0 aliphatic heterocycles. The van der Waals surface area contributed by atoms with Crippen molar-refractivity contribution in [3.05, 3.63) is 30.0 Å². The summed E-state index contributed by atoms with van der Waals surface area (Å²) >= 11 is 0. The van der Waals surface area contributed by atoms with Gasteiger partial charge in [0, 0.05) is 17.1 Å². The Balaban J connectivity index is 2.20. The first kappa shape index (κ1) is 17.9. The Morgan fingerprint density at radius 3 is 2.40 bits per heavy atom. The van der Waals surface area contributed by atoms with Crippen molar-refractivity contribution in [2.24, 2.45) is 5.73 Å². The van der Waals surface area contributed by atoms with Gasteiger partial charge >= 0.3 is 17.9 Å². The number of hydrogen-bond donors (Lipinski definition) is 5. The minimum atomic E-state index is -2.78. The number of rotatable bonds is 7. The first-order valence-electron chi connectivity index (χ1n) is 6.91. The third kappa shape index (κ3) is 3.93. The minimum absolute atomic E-state index is 0.0269. The van der Waals surface area contributed by atoms with Gasteiger partial charge in [0.05, 0.1) is 18.4 Å². The second-order valence-electron chi connectivity index (χ2n) is 5.34. The van der Waals surface area contributed by atoms with Gasteiger partial charge in [0.2, 0.25) is 5.91 Å². The fourth-order valence-corrected chi connectivity index (χ4v) is 2.20. The van der Waals surface area contributed by atoms with Gasteiger partial charge in [0.25, 0.3) is 0 Å². The summed E-state index contributed by atoms with van der Waals surface area (Å²) in [5.41, 5.74) is 3.05. The van der Waals surface area contributed by atoms with E-state index in [2.05, 4.69) is 4.98 Å². The first-order chi connectivity index (χ1) is 11.6. The van der Waals surface area contributed by atoms with Crippen LogP contribution in [-0.2, 0) is 14.4 Å². The molecule has 0 radical (unpaired) electrons. The summed E-state index contributed by atoms with van der Waals surface area (Å²) in [6, 6.07) is 4.32. The SMILES string of the molecule is NC(=O)c1ccc2c(OC(=O)CC(O)(CC(=O)O)C(=O)O)c[nH]c2c1. The number of ether oxygens (including phenoxy) is 1. The number of fused-ring (bicyclic) bond motifs is 1. The van der Waals surface area contributed by atoms with Crippen LogP contribution in [0.4, 0.5) is 0 Å². The van der Waals surface area contributed by atoms with Crippen molar-refractivity contribution in [3.8, 4) is 5.75 Å². The molecule has 0 bridgehead atoms. The number of aliphatic hydroxyl groups is 1. The van der Waals surface area contributed by atoms with Crippen LogP contribution in [0.25, 0.3) is 10.9 Å². The summed E-state index contributed by atoms with van der Waals surface area (Å²) in [5, 5.41) is 27.8. The average Bonchev–Trinajstić information content (AvgIpc) is 2.88. The highest BCUT2D eigenvalue weighted by Crippen LogP contribution is 2.27. The van der Waals surface area contributed by atoms with Crippen LogP contribution in [0.3, 0.4) is 0 Å². The standard InChI is InChI=1S/C15H14N2O8/c16-13(21)7-1-2-8-9(3-7)17-6-10(8)25-12(20)5-15(24,14(22)23)4-11(18)19/h1-3,6,17,24H,4-5H2,(H2,16,21)(H,18,19)(H,22,23). The molecule has 10 nitrogen and oxygen atoms in total. The lowest BCUT2D eigenvalue weighted by molar-refractivity contribution is -0.169. The minimum Gasteiger partial charge on any atom is -0.481 e. The van der Waals surface area contributed by atoms with Crippen molar-refractivity contribution in [2.45, 2.75) is 18.4 Å². The number of carbonyl (C=O) groups is 4. The zero-order chi connectivity index (χ0) is 18.8. The monoisotopic (exact) mass is 350 g/mol. The van der Waals surface area contributed by atoms with E-state index in [1.807, 2.05) is 0 Å². The van der Waals surface area contributed by atoms with Crippen LogP contribution in [0, 0.1) is 0 Å². The molecule has 1 heterocycles. The Labute approximate surface area is 139 Å². The number of hydrogen-bond acceptors (Lipinski definition) is 6. The molecular weight excluding hydrogens is 336 g/mol. The summed E-state index contributed by atoms with van der Waals surface area (Å²) in [6.45, 7) is 0. The predicted octanol–water partition coefficient (Wildman–Crippen LogP) is -0.147. The lowest BCUT2D eigenvalue weighted by Crippen LogP contribution is -2.43. The number of primary amides is 1. The third-order valence-electron chi connectivity index (χ3n) is 3.43. The number of esters is 1. The summed E-state index contributed by atoms with van der Waals surface area (Å²) in [7, 11) is 0. The predicted molar refractivity (Wildman–Crippen MR) is 81.9 cm³/mol. The molecule has 1 aromatic carbocycles. The van der Waals surface area contributed by atoms with Gasteiger partial charge in [-0.2, -0.15) is 0 Å². The van der Waals surface area contributed by atoms with E-state index < -0.39 is 42.3 Å². The van der Waals surface area contributed by atoms with Crippen molar-refractivity contribution in [3.63, 3.8) is 0 Å². The number of nitrogens with two attached hydrogens (primary N) is 1. The Kier molecular flexibility index (Phi) is 4.75. The topological polar surface area (TPSA) is 180 Å². The zero-order valence-corrected chi connectivity index (χ0v) is 12.7. The average molecular weight is 350 g/mol. The van der Waals surface area contributed by atoms with Crippen molar-refractivity contribution in [2.75, 3.05) is 0 Å². The van der Waals surface area contributed by atoms with Crippen LogP contribution in [0.1, 0.15) is 23.2 Å². The molecule has 25 heavy (non-hydrogen) atoms. The molecular formula is C15H14N2O8. The molecule has 0 aliphatic carbocycles. The van der Waals surface area contributed by atoms with E-state index in [0.29, 0.717) is 10.9 Å². The van der Waals surface area contributed by atoms with Crippen LogP contribution in [-0.4, -0.2) is 49.7 Å². The third-order valence-corrected chi connectivity index (χ3v) is 3.43. The molecule has 0 saturated carbocycles. The first-order valence-corrected chi connectivity index (χ1v) is 6.91. The van der Waals surface area contributed by atoms with E-state index in [9.17, 15) is 24.3 Å². The molecule has 1 amide bonds. The van der Waals surface area contributed by atoms with Gasteiger partial charge in [-0.1, -0.05) is 0 Å². The number of aromatic nitrogens is 1. The van der Waals surface area contributed by atoms with E-state index in [-0.39, 0.29) is 11.3 Å². The summed E-state index contributed by atoms with van der Waals surface area (Å²) < 4.78 is 4.99. The number of aromatic amines is 1. The largest absolute Gasteiger partial charge is 0.481 e. The van der Waals surface area contributed by atoms with Crippen LogP contribution >= 0.6 is 0 Å². The van der Waals surface area contributed by atoms with Crippen molar-refractivity contribution in [1.82, 2.24) is 4.98 Å². The molecule has 6 N–H and O–H groups in total. The normalized spacial score (nSPS) is 13.2. The molecule has 0 aliphatic rings. The number of carbonyl (C=O) groups excluding carboxylic acids is 2. The van der Waals surface area contributed by atoms with E-state index in [1.165, 1.54) is 24.4 Å². The van der Waals surface area contributed by atoms with E-state index in [1.54, 1.807) is 0 Å². The van der Waals surface area contributed by atoms with Gasteiger partial charge in [-0.05, 0) is 18.2 Å². The second kappa shape index (κ2) is 6.61. The molecule has 1 unspecified atom stereocenters. The fourth-order valence-electron chi connectivity index (χ4n) is 2.20. The molecule has 132 valence electrons. The molecule has 0 saturated heterocycles. The maximum Gasteiger partial charge on any atom is 0.336 e. The summed E-state index contributed by atoms with van der Waals surface area (Å²) in [5.74, 6) is -5.18. The van der Waals surface area contributed by atoms with E-state index in [0.717, 1.165) is 0 Å². The number of nitrogens with one attached hydrogen (secondary N) is 1.